The third kappa shape index (κ3) is 3.68. The Morgan fingerprint density at radius 2 is 1.83 bits per heavy atom. The minimum atomic E-state index is 0.341. The van der Waals surface area contributed by atoms with Crippen LogP contribution in [0, 0.1) is 13.8 Å². The van der Waals surface area contributed by atoms with Gasteiger partial charge in [0.1, 0.15) is 12.1 Å². The van der Waals surface area contributed by atoms with Gasteiger partial charge in [-0.2, -0.15) is 4.98 Å². The predicted octanol–water partition coefficient (Wildman–Crippen LogP) is 3.28. The number of pyridine rings is 2. The molecule has 1 aliphatic rings. The molecule has 4 aromatic heterocycles. The second-order valence-corrected chi connectivity index (χ2v) is 7.73. The normalized spacial score (nSPS) is 14.9. The summed E-state index contributed by atoms with van der Waals surface area (Å²) in [4.78, 5) is 20.0. The quantitative estimate of drug-likeness (QED) is 0.563. The van der Waals surface area contributed by atoms with Crippen LogP contribution < -0.4 is 10.2 Å². The Balaban J connectivity index is 1.31. The van der Waals surface area contributed by atoms with Gasteiger partial charge in [0, 0.05) is 54.5 Å². The van der Waals surface area contributed by atoms with E-state index < -0.39 is 0 Å². The molecule has 1 fully saturated rings. The molecule has 30 heavy (non-hydrogen) atoms. The summed E-state index contributed by atoms with van der Waals surface area (Å²) in [5.74, 6) is 1.67. The molecule has 0 aromatic carbocycles. The summed E-state index contributed by atoms with van der Waals surface area (Å²) in [5.41, 5.74) is 4.98. The van der Waals surface area contributed by atoms with Crippen LogP contribution in [0.1, 0.15) is 24.2 Å². The fourth-order valence-electron chi connectivity index (χ4n) is 3.95. The molecule has 1 aliphatic heterocycles. The van der Waals surface area contributed by atoms with E-state index in [0.29, 0.717) is 12.0 Å². The molecule has 5 rings (SSSR count). The summed E-state index contributed by atoms with van der Waals surface area (Å²) < 4.78 is 1.84. The third-order valence-corrected chi connectivity index (χ3v) is 5.51. The molecule has 0 aliphatic carbocycles. The zero-order valence-electron chi connectivity index (χ0n) is 17.2. The molecule has 1 saturated heterocycles. The molecular weight excluding hydrogens is 376 g/mol. The first-order chi connectivity index (χ1) is 14.7. The molecular formula is C22H24N8. The van der Waals surface area contributed by atoms with E-state index in [1.54, 1.807) is 6.33 Å². The standard InChI is InChI=1S/C22H24N8/c1-15-12-17(5-8-23-15)19-4-3-9-30-21(19)27-22(28-30)26-18-6-10-29(11-7-18)20-13-16(2)24-14-25-20/h3-5,8-9,12-14,18H,6-7,10-11H2,1-2H3,(H,26,28). The van der Waals surface area contributed by atoms with Gasteiger partial charge in [0.15, 0.2) is 5.65 Å². The number of nitrogens with one attached hydrogen (secondary N) is 1. The van der Waals surface area contributed by atoms with Crippen molar-refractivity contribution in [1.82, 2.24) is 29.5 Å². The molecule has 5 heterocycles. The summed E-state index contributed by atoms with van der Waals surface area (Å²) >= 11 is 0. The number of aryl methyl sites for hydroxylation is 2. The molecule has 8 heteroatoms. The van der Waals surface area contributed by atoms with Crippen LogP contribution in [0.2, 0.25) is 0 Å². The van der Waals surface area contributed by atoms with Gasteiger partial charge in [-0.25, -0.2) is 14.5 Å². The monoisotopic (exact) mass is 400 g/mol. The van der Waals surface area contributed by atoms with Crippen molar-refractivity contribution in [3.63, 3.8) is 0 Å². The SMILES string of the molecule is Cc1cc(-c2cccn3nc(NC4CCN(c5cc(C)ncn5)CC4)nc23)ccn1. The van der Waals surface area contributed by atoms with E-state index >= 15 is 0 Å². The highest BCUT2D eigenvalue weighted by Gasteiger charge is 2.21. The second kappa shape index (κ2) is 7.70. The molecule has 0 bridgehead atoms. The Morgan fingerprint density at radius 3 is 2.63 bits per heavy atom. The van der Waals surface area contributed by atoms with E-state index in [0.717, 1.165) is 59.9 Å². The van der Waals surface area contributed by atoms with Crippen LogP contribution in [-0.4, -0.2) is 48.7 Å². The minimum Gasteiger partial charge on any atom is -0.356 e. The molecule has 8 nitrogen and oxygen atoms in total. The van der Waals surface area contributed by atoms with Crippen LogP contribution in [0.15, 0.2) is 49.1 Å². The van der Waals surface area contributed by atoms with E-state index in [-0.39, 0.29) is 0 Å². The van der Waals surface area contributed by atoms with Crippen molar-refractivity contribution >= 4 is 17.4 Å². The first kappa shape index (κ1) is 18.5. The van der Waals surface area contributed by atoms with Crippen LogP contribution in [0.3, 0.4) is 0 Å². The predicted molar refractivity (Wildman–Crippen MR) is 117 cm³/mol. The number of hydrogen-bond donors (Lipinski definition) is 1. The van der Waals surface area contributed by atoms with Crippen LogP contribution in [0.25, 0.3) is 16.8 Å². The maximum Gasteiger partial charge on any atom is 0.243 e. The Labute approximate surface area is 175 Å². The zero-order chi connectivity index (χ0) is 20.5. The lowest BCUT2D eigenvalue weighted by Crippen LogP contribution is -2.39. The van der Waals surface area contributed by atoms with Crippen molar-refractivity contribution in [2.75, 3.05) is 23.3 Å². The van der Waals surface area contributed by atoms with Gasteiger partial charge < -0.3 is 10.2 Å². The van der Waals surface area contributed by atoms with Gasteiger partial charge in [-0.3, -0.25) is 4.98 Å². The highest BCUT2D eigenvalue weighted by Crippen LogP contribution is 2.25. The van der Waals surface area contributed by atoms with E-state index in [1.165, 1.54) is 0 Å². The number of rotatable bonds is 4. The second-order valence-electron chi connectivity index (χ2n) is 7.73. The smallest absolute Gasteiger partial charge is 0.243 e. The van der Waals surface area contributed by atoms with Gasteiger partial charge in [0.25, 0.3) is 0 Å². The van der Waals surface area contributed by atoms with E-state index in [2.05, 4.69) is 42.4 Å². The number of anilines is 2. The van der Waals surface area contributed by atoms with Crippen molar-refractivity contribution in [3.8, 4) is 11.1 Å². The molecule has 0 amide bonds. The van der Waals surface area contributed by atoms with Crippen molar-refractivity contribution < 1.29 is 0 Å². The maximum atomic E-state index is 4.79. The van der Waals surface area contributed by atoms with E-state index in [4.69, 9.17) is 4.98 Å². The summed E-state index contributed by atoms with van der Waals surface area (Å²) in [5, 5.41) is 8.18. The summed E-state index contributed by atoms with van der Waals surface area (Å²) in [6.07, 6.45) is 7.42. The zero-order valence-corrected chi connectivity index (χ0v) is 17.2. The van der Waals surface area contributed by atoms with Gasteiger partial charge in [0.05, 0.1) is 0 Å². The number of nitrogens with zero attached hydrogens (tertiary/aromatic N) is 7. The van der Waals surface area contributed by atoms with Gasteiger partial charge in [-0.05, 0) is 56.5 Å². The molecule has 0 saturated carbocycles. The number of fused-ring (bicyclic) bond motifs is 1. The fourth-order valence-corrected chi connectivity index (χ4v) is 3.95. The summed E-state index contributed by atoms with van der Waals surface area (Å²) in [7, 11) is 0. The first-order valence-corrected chi connectivity index (χ1v) is 10.2. The lowest BCUT2D eigenvalue weighted by molar-refractivity contribution is 0.520. The Morgan fingerprint density at radius 1 is 1.00 bits per heavy atom. The van der Waals surface area contributed by atoms with Gasteiger partial charge >= 0.3 is 0 Å². The largest absolute Gasteiger partial charge is 0.356 e. The van der Waals surface area contributed by atoms with Gasteiger partial charge in [0.2, 0.25) is 5.95 Å². The number of aromatic nitrogens is 6. The minimum absolute atomic E-state index is 0.341. The molecule has 152 valence electrons. The number of hydrogen-bond acceptors (Lipinski definition) is 7. The van der Waals surface area contributed by atoms with E-state index in [9.17, 15) is 0 Å². The van der Waals surface area contributed by atoms with Crippen LogP contribution in [-0.2, 0) is 0 Å². The lowest BCUT2D eigenvalue weighted by atomic mass is 10.1. The Hall–Kier alpha value is -3.55. The molecule has 4 aromatic rings. The summed E-state index contributed by atoms with van der Waals surface area (Å²) in [6.45, 7) is 5.89. The maximum absolute atomic E-state index is 4.79. The van der Waals surface area contributed by atoms with Gasteiger partial charge in [-0.15, -0.1) is 5.10 Å². The van der Waals surface area contributed by atoms with Crippen molar-refractivity contribution in [3.05, 3.63) is 60.4 Å². The van der Waals surface area contributed by atoms with Gasteiger partial charge in [-0.1, -0.05) is 0 Å². The molecule has 1 N–H and O–H groups in total. The summed E-state index contributed by atoms with van der Waals surface area (Å²) in [6, 6.07) is 10.5. The van der Waals surface area contributed by atoms with Crippen molar-refractivity contribution in [2.24, 2.45) is 0 Å². The fraction of sp³-hybridized carbons (Fsp3) is 0.318. The molecule has 0 spiro atoms. The first-order valence-electron chi connectivity index (χ1n) is 10.2. The van der Waals surface area contributed by atoms with Crippen LogP contribution in [0.4, 0.5) is 11.8 Å². The van der Waals surface area contributed by atoms with Crippen molar-refractivity contribution in [2.45, 2.75) is 32.7 Å². The molecule has 0 atom stereocenters. The van der Waals surface area contributed by atoms with Crippen molar-refractivity contribution in [1.29, 1.82) is 0 Å². The van der Waals surface area contributed by atoms with E-state index in [1.807, 2.05) is 49.0 Å². The number of piperidine rings is 1. The van der Waals surface area contributed by atoms with Crippen LogP contribution in [0.5, 0.6) is 0 Å². The highest BCUT2D eigenvalue weighted by molar-refractivity contribution is 5.77. The topological polar surface area (TPSA) is 84.1 Å². The lowest BCUT2D eigenvalue weighted by Gasteiger charge is -2.32. The third-order valence-electron chi connectivity index (χ3n) is 5.51. The Kier molecular flexibility index (Phi) is 4.74. The highest BCUT2D eigenvalue weighted by atomic mass is 15.4. The Bertz CT molecular complexity index is 1180. The molecule has 0 radical (unpaired) electrons. The molecule has 0 unspecified atom stereocenters. The average Bonchev–Trinajstić information content (AvgIpc) is 3.17. The van der Waals surface area contributed by atoms with Crippen LogP contribution >= 0.6 is 0 Å². The average molecular weight is 400 g/mol.